The summed E-state index contributed by atoms with van der Waals surface area (Å²) in [6, 6.07) is 112. The Labute approximate surface area is 548 Å². The Kier molecular flexibility index (Phi) is 13.2. The lowest BCUT2D eigenvalue weighted by Crippen LogP contribution is -2.12. The number of hydrogen-bond donors (Lipinski definition) is 0. The van der Waals surface area contributed by atoms with Crippen LogP contribution in [0.3, 0.4) is 0 Å². The molecule has 0 spiro atoms. The molecule has 446 valence electrons. The van der Waals surface area contributed by atoms with Gasteiger partial charge in [-0.05, 0) is 98.8 Å². The fraction of sp³-hybridized carbons (Fsp3) is 0.0230. The predicted molar refractivity (Wildman–Crippen MR) is 391 cm³/mol. The highest BCUT2D eigenvalue weighted by molar-refractivity contribution is 6.16. The van der Waals surface area contributed by atoms with Gasteiger partial charge in [-0.15, -0.1) is 0 Å². The highest BCUT2D eigenvalue weighted by Crippen LogP contribution is 2.51. The highest BCUT2D eigenvalue weighted by atomic mass is 15.1. The Morgan fingerprint density at radius 2 is 0.589 bits per heavy atom. The lowest BCUT2D eigenvalue weighted by molar-refractivity contribution is 1.07. The minimum atomic E-state index is 0.591. The van der Waals surface area contributed by atoms with Crippen molar-refractivity contribution in [1.29, 1.82) is 0 Å². The SMILES string of the molecule is Cc1ccc2c(c1)c1ccccc1n2-c1cc(-c2cc(-c3ccccc3)nc(-c3ccccc3)n2)c(-n2c3ccccc3c3cc(C)ccc32)c(-c2cc(-c3ccccc3)nc(-c3ccccc3)n2)c1-n1c2ccccc2c2cc(-c3cccc(-c4ccccc4)n3)ccc21. The summed E-state index contributed by atoms with van der Waals surface area (Å²) in [5.41, 5.74) is 23.6. The van der Waals surface area contributed by atoms with E-state index in [-0.39, 0.29) is 0 Å². The zero-order valence-electron chi connectivity index (χ0n) is 52.1. The van der Waals surface area contributed by atoms with Crippen molar-refractivity contribution < 1.29 is 0 Å². The second-order valence-electron chi connectivity index (χ2n) is 24.5. The van der Waals surface area contributed by atoms with Crippen molar-refractivity contribution >= 4 is 65.4 Å². The van der Waals surface area contributed by atoms with Crippen molar-refractivity contribution in [2.75, 3.05) is 0 Å². The molecule has 0 aliphatic heterocycles. The summed E-state index contributed by atoms with van der Waals surface area (Å²) < 4.78 is 7.51. The number of hydrogen-bond acceptors (Lipinski definition) is 5. The van der Waals surface area contributed by atoms with Crippen molar-refractivity contribution in [2.24, 2.45) is 0 Å². The standard InChI is InChI=1S/C87H58N8/c1-55-43-46-79-66(49-55)63-35-18-21-40-76(63)93(79)82-52-69(74-53-72(58-27-10-4-11-28-58)89-86(91-74)60-31-14-6-15-32-60)84(94-77-41-22-19-36-64(77)67-50-56(2)44-47-80(67)94)83(75-54-73(59-29-12-5-13-30-59)90-87(92-75)61-33-16-7-17-34-61)85(82)95-78-42-23-20-37-65(78)68-51-62(45-48-81(68)95)71-39-24-38-70(88-71)57-25-8-3-9-26-57/h3-54H,1-2H3. The largest absolute Gasteiger partial charge is 0.308 e. The van der Waals surface area contributed by atoms with Crippen molar-refractivity contribution in [3.63, 3.8) is 0 Å². The van der Waals surface area contributed by atoms with Gasteiger partial charge in [-0.25, -0.2) is 24.9 Å². The van der Waals surface area contributed by atoms with Crippen LogP contribution >= 0.6 is 0 Å². The molecule has 8 nitrogen and oxygen atoms in total. The smallest absolute Gasteiger partial charge is 0.160 e. The van der Waals surface area contributed by atoms with Crippen LogP contribution in [-0.4, -0.2) is 38.6 Å². The number of aryl methyl sites for hydroxylation is 2. The molecule has 0 saturated heterocycles. The van der Waals surface area contributed by atoms with Crippen molar-refractivity contribution in [2.45, 2.75) is 13.8 Å². The molecular formula is C87H58N8. The number of para-hydroxylation sites is 3. The van der Waals surface area contributed by atoms with Crippen LogP contribution in [-0.2, 0) is 0 Å². The maximum absolute atomic E-state index is 6.00. The first-order valence-electron chi connectivity index (χ1n) is 32.2. The average Bonchev–Trinajstić information content (AvgIpc) is 1.62. The number of pyridine rings is 1. The van der Waals surface area contributed by atoms with Crippen LogP contribution in [0.15, 0.2) is 315 Å². The molecule has 8 heteroatoms. The van der Waals surface area contributed by atoms with Gasteiger partial charge in [-0.3, -0.25) is 0 Å². The van der Waals surface area contributed by atoms with Gasteiger partial charge in [0, 0.05) is 71.3 Å². The summed E-state index contributed by atoms with van der Waals surface area (Å²) in [5.74, 6) is 1.19. The Morgan fingerprint density at radius 3 is 1.11 bits per heavy atom. The van der Waals surface area contributed by atoms with Gasteiger partial charge in [-0.2, -0.15) is 0 Å². The molecule has 0 saturated carbocycles. The van der Waals surface area contributed by atoms with E-state index in [0.717, 1.165) is 161 Å². The molecule has 95 heavy (non-hydrogen) atoms. The van der Waals surface area contributed by atoms with E-state index in [1.165, 1.54) is 5.56 Å². The summed E-state index contributed by atoms with van der Waals surface area (Å²) >= 11 is 0. The molecular weight excluding hydrogens is 1160 g/mol. The molecule has 0 amide bonds. The third-order valence-corrected chi connectivity index (χ3v) is 18.6. The van der Waals surface area contributed by atoms with Crippen molar-refractivity contribution in [1.82, 2.24) is 38.6 Å². The second-order valence-corrected chi connectivity index (χ2v) is 24.5. The molecule has 0 radical (unpaired) electrons. The first kappa shape index (κ1) is 55.2. The van der Waals surface area contributed by atoms with Crippen LogP contribution in [0.1, 0.15) is 11.1 Å². The van der Waals surface area contributed by atoms with E-state index in [9.17, 15) is 0 Å². The van der Waals surface area contributed by atoms with Gasteiger partial charge in [0.25, 0.3) is 0 Å². The number of aromatic nitrogens is 8. The molecule has 0 atom stereocenters. The van der Waals surface area contributed by atoms with Crippen LogP contribution < -0.4 is 0 Å². The van der Waals surface area contributed by atoms with Crippen LogP contribution in [0.25, 0.3) is 173 Å². The molecule has 12 aromatic carbocycles. The molecule has 0 aliphatic rings. The fourth-order valence-corrected chi connectivity index (χ4v) is 14.2. The lowest BCUT2D eigenvalue weighted by atomic mass is 9.94. The third-order valence-electron chi connectivity index (χ3n) is 18.6. The van der Waals surface area contributed by atoms with Gasteiger partial charge in [0.15, 0.2) is 11.6 Å². The number of rotatable bonds is 11. The Balaban J connectivity index is 1.10. The highest BCUT2D eigenvalue weighted by Gasteiger charge is 2.33. The van der Waals surface area contributed by atoms with Crippen molar-refractivity contribution in [3.05, 3.63) is 327 Å². The fourth-order valence-electron chi connectivity index (χ4n) is 14.2. The minimum Gasteiger partial charge on any atom is -0.308 e. The third kappa shape index (κ3) is 9.41. The summed E-state index contributed by atoms with van der Waals surface area (Å²) in [6.07, 6.45) is 0. The molecule has 6 heterocycles. The van der Waals surface area contributed by atoms with Gasteiger partial charge < -0.3 is 13.7 Å². The second kappa shape index (κ2) is 22.6. The first-order valence-corrected chi connectivity index (χ1v) is 32.2. The molecule has 0 bridgehead atoms. The number of fused-ring (bicyclic) bond motifs is 9. The van der Waals surface area contributed by atoms with E-state index >= 15 is 0 Å². The monoisotopic (exact) mass is 1210 g/mol. The van der Waals surface area contributed by atoms with E-state index in [4.69, 9.17) is 24.9 Å². The summed E-state index contributed by atoms with van der Waals surface area (Å²) in [6.45, 7) is 4.36. The normalized spacial score (nSPS) is 11.7. The Morgan fingerprint density at radius 1 is 0.221 bits per heavy atom. The maximum atomic E-state index is 6.00. The van der Waals surface area contributed by atoms with Gasteiger partial charge in [-0.1, -0.05) is 242 Å². The topological polar surface area (TPSA) is 79.2 Å². The molecule has 18 rings (SSSR count). The maximum Gasteiger partial charge on any atom is 0.160 e. The molecule has 6 aromatic heterocycles. The predicted octanol–water partition coefficient (Wildman–Crippen LogP) is 21.9. The Bertz CT molecular complexity index is 5920. The van der Waals surface area contributed by atoms with E-state index in [0.29, 0.717) is 17.3 Å². The van der Waals surface area contributed by atoms with Crippen LogP contribution in [0.4, 0.5) is 0 Å². The van der Waals surface area contributed by atoms with Gasteiger partial charge in [0.1, 0.15) is 0 Å². The van der Waals surface area contributed by atoms with Crippen LogP contribution in [0.2, 0.25) is 0 Å². The zero-order valence-corrected chi connectivity index (χ0v) is 52.1. The van der Waals surface area contributed by atoms with E-state index < -0.39 is 0 Å². The number of benzene rings is 12. The van der Waals surface area contributed by atoms with Gasteiger partial charge in [0.2, 0.25) is 0 Å². The van der Waals surface area contributed by atoms with E-state index in [1.807, 2.05) is 18.2 Å². The summed E-state index contributed by atoms with van der Waals surface area (Å²) in [4.78, 5) is 28.2. The van der Waals surface area contributed by atoms with Gasteiger partial charge in [0.05, 0.1) is 89.9 Å². The van der Waals surface area contributed by atoms with E-state index in [1.54, 1.807) is 0 Å². The Hall–Kier alpha value is -12.7. The van der Waals surface area contributed by atoms with Crippen LogP contribution in [0, 0.1) is 13.8 Å². The summed E-state index contributed by atoms with van der Waals surface area (Å²) in [7, 11) is 0. The minimum absolute atomic E-state index is 0.591. The molecule has 18 aromatic rings. The summed E-state index contributed by atoms with van der Waals surface area (Å²) in [5, 5.41) is 6.70. The van der Waals surface area contributed by atoms with Crippen LogP contribution in [0.5, 0.6) is 0 Å². The number of nitrogens with zero attached hydrogens (tertiary/aromatic N) is 8. The molecule has 0 aliphatic carbocycles. The lowest BCUT2D eigenvalue weighted by Gasteiger charge is -2.27. The average molecular weight is 1220 g/mol. The van der Waals surface area contributed by atoms with Crippen molar-refractivity contribution in [3.8, 4) is 107 Å². The first-order chi connectivity index (χ1) is 46.9. The van der Waals surface area contributed by atoms with E-state index in [2.05, 4.69) is 325 Å². The quantitative estimate of drug-likeness (QED) is 0.129. The van der Waals surface area contributed by atoms with Gasteiger partial charge >= 0.3 is 0 Å². The molecule has 0 unspecified atom stereocenters. The molecule has 0 fully saturated rings. The molecule has 0 N–H and O–H groups in total. The zero-order chi connectivity index (χ0) is 63.1.